The van der Waals surface area contributed by atoms with Gasteiger partial charge < -0.3 is 9.32 Å². The van der Waals surface area contributed by atoms with Gasteiger partial charge in [0.1, 0.15) is 11.2 Å². The molecule has 2 heteroatoms. The average molecular weight is 562 g/mol. The molecule has 2 nitrogen and oxygen atoms in total. The number of anilines is 3. The molecule has 0 amide bonds. The lowest BCUT2D eigenvalue weighted by molar-refractivity contribution is 0.673. The first-order valence-corrected chi connectivity index (χ1v) is 15.0. The van der Waals surface area contributed by atoms with Gasteiger partial charge in [-0.1, -0.05) is 133 Å². The van der Waals surface area contributed by atoms with E-state index >= 15 is 0 Å². The third-order valence-electron chi connectivity index (χ3n) is 8.82. The smallest absolute Gasteiger partial charge is 0.143 e. The molecule has 44 heavy (non-hydrogen) atoms. The van der Waals surface area contributed by atoms with Gasteiger partial charge in [-0.05, 0) is 57.4 Å². The molecule has 8 aromatic carbocycles. The van der Waals surface area contributed by atoms with Gasteiger partial charge >= 0.3 is 0 Å². The molecule has 0 aliphatic rings. The summed E-state index contributed by atoms with van der Waals surface area (Å²) < 4.78 is 6.83. The second-order valence-electron chi connectivity index (χ2n) is 11.3. The summed E-state index contributed by atoms with van der Waals surface area (Å²) in [5, 5.41) is 9.46. The Hall–Kier alpha value is -5.86. The van der Waals surface area contributed by atoms with E-state index in [4.69, 9.17) is 4.42 Å². The highest BCUT2D eigenvalue weighted by Crippen LogP contribution is 2.50. The molecular weight excluding hydrogens is 534 g/mol. The minimum atomic E-state index is 0.884. The van der Waals surface area contributed by atoms with Crippen LogP contribution in [0.3, 0.4) is 0 Å². The van der Waals surface area contributed by atoms with Crippen LogP contribution in [0.4, 0.5) is 17.1 Å². The first kappa shape index (κ1) is 24.7. The van der Waals surface area contributed by atoms with Crippen molar-refractivity contribution in [1.82, 2.24) is 0 Å². The van der Waals surface area contributed by atoms with Gasteiger partial charge in [0.15, 0.2) is 0 Å². The summed E-state index contributed by atoms with van der Waals surface area (Å²) in [5.74, 6) is 0. The SMILES string of the molecule is c1ccc(-c2c(N(c3ccccc3)c3cccc4ccccc34)ccc3oc4c5ccccc5c5ccccc5c4c23)cc1. The minimum Gasteiger partial charge on any atom is -0.455 e. The standard InChI is InChI=1S/C42H27NO/c1-3-15-29(16-4-1)39-37(43(30-18-5-2-6-19-30)36-25-13-17-28-14-7-8-20-31(28)36)26-27-38-41(39)40-34-23-11-9-21-32(34)33-22-10-12-24-35(33)42(40)44-38/h1-27H. The van der Waals surface area contributed by atoms with Crippen LogP contribution in [-0.2, 0) is 0 Å². The summed E-state index contributed by atoms with van der Waals surface area (Å²) in [6.07, 6.45) is 0. The Morgan fingerprint density at radius 3 is 1.75 bits per heavy atom. The highest BCUT2D eigenvalue weighted by molar-refractivity contribution is 6.33. The van der Waals surface area contributed by atoms with Crippen molar-refractivity contribution in [3.63, 3.8) is 0 Å². The van der Waals surface area contributed by atoms with E-state index in [1.807, 2.05) is 0 Å². The molecule has 0 fully saturated rings. The summed E-state index contributed by atoms with van der Waals surface area (Å²) in [6.45, 7) is 0. The number of benzene rings is 8. The second-order valence-corrected chi connectivity index (χ2v) is 11.3. The molecule has 0 saturated carbocycles. The van der Waals surface area contributed by atoms with E-state index in [0.29, 0.717) is 0 Å². The second kappa shape index (κ2) is 9.86. The van der Waals surface area contributed by atoms with Gasteiger partial charge in [0.25, 0.3) is 0 Å². The highest BCUT2D eigenvalue weighted by atomic mass is 16.3. The summed E-state index contributed by atoms with van der Waals surface area (Å²) in [6, 6.07) is 58.3. The van der Waals surface area contributed by atoms with Crippen LogP contribution in [0.2, 0.25) is 0 Å². The zero-order valence-electron chi connectivity index (χ0n) is 23.9. The molecule has 0 spiro atoms. The summed E-state index contributed by atoms with van der Waals surface area (Å²) in [5.41, 5.74) is 7.45. The van der Waals surface area contributed by atoms with E-state index in [9.17, 15) is 0 Å². The number of hydrogen-bond donors (Lipinski definition) is 0. The predicted molar refractivity (Wildman–Crippen MR) is 186 cm³/mol. The van der Waals surface area contributed by atoms with Gasteiger partial charge in [-0.25, -0.2) is 0 Å². The number of furan rings is 1. The Morgan fingerprint density at radius 1 is 0.386 bits per heavy atom. The molecule has 0 aliphatic heterocycles. The number of rotatable bonds is 4. The molecule has 0 N–H and O–H groups in total. The van der Waals surface area contributed by atoms with E-state index < -0.39 is 0 Å². The van der Waals surface area contributed by atoms with E-state index in [1.54, 1.807) is 0 Å². The maximum absolute atomic E-state index is 6.83. The van der Waals surface area contributed by atoms with Crippen LogP contribution >= 0.6 is 0 Å². The molecule has 1 heterocycles. The molecule has 0 unspecified atom stereocenters. The van der Waals surface area contributed by atoms with E-state index in [1.165, 1.54) is 26.9 Å². The van der Waals surface area contributed by atoms with Crippen molar-refractivity contribution in [2.24, 2.45) is 0 Å². The average Bonchev–Trinajstić information content (AvgIpc) is 3.50. The number of nitrogens with zero attached hydrogens (tertiary/aromatic N) is 1. The largest absolute Gasteiger partial charge is 0.455 e. The van der Waals surface area contributed by atoms with Crippen LogP contribution in [0.25, 0.3) is 65.4 Å². The Bertz CT molecular complexity index is 2490. The van der Waals surface area contributed by atoms with Gasteiger partial charge in [-0.3, -0.25) is 0 Å². The first-order valence-electron chi connectivity index (χ1n) is 15.0. The third-order valence-corrected chi connectivity index (χ3v) is 8.82. The van der Waals surface area contributed by atoms with Crippen molar-refractivity contribution in [2.45, 2.75) is 0 Å². The molecule has 0 radical (unpaired) electrons. The third kappa shape index (κ3) is 3.68. The topological polar surface area (TPSA) is 16.4 Å². The molecule has 0 atom stereocenters. The van der Waals surface area contributed by atoms with Gasteiger partial charge in [0.05, 0.1) is 11.4 Å². The van der Waals surface area contributed by atoms with Crippen molar-refractivity contribution in [3.05, 3.63) is 164 Å². The quantitative estimate of drug-likeness (QED) is 0.199. The van der Waals surface area contributed by atoms with Crippen molar-refractivity contribution < 1.29 is 4.42 Å². The number of fused-ring (bicyclic) bond motifs is 9. The molecule has 0 saturated heterocycles. The van der Waals surface area contributed by atoms with Gasteiger partial charge in [0, 0.05) is 32.8 Å². The van der Waals surface area contributed by atoms with Gasteiger partial charge in [-0.2, -0.15) is 0 Å². The first-order chi connectivity index (χ1) is 21.9. The molecule has 206 valence electrons. The Kier molecular flexibility index (Phi) is 5.54. The van der Waals surface area contributed by atoms with Crippen molar-refractivity contribution in [1.29, 1.82) is 0 Å². The van der Waals surface area contributed by atoms with Crippen molar-refractivity contribution in [3.8, 4) is 11.1 Å². The van der Waals surface area contributed by atoms with Crippen molar-refractivity contribution >= 4 is 71.3 Å². The van der Waals surface area contributed by atoms with Crippen LogP contribution in [0.5, 0.6) is 0 Å². The number of para-hydroxylation sites is 1. The Labute approximate surface area is 255 Å². The maximum atomic E-state index is 6.83. The zero-order valence-corrected chi connectivity index (χ0v) is 23.9. The van der Waals surface area contributed by atoms with Crippen LogP contribution in [0, 0.1) is 0 Å². The normalized spacial score (nSPS) is 11.6. The van der Waals surface area contributed by atoms with E-state index in [0.717, 1.165) is 55.5 Å². The molecule has 9 rings (SSSR count). The highest BCUT2D eigenvalue weighted by Gasteiger charge is 2.25. The number of hydrogen-bond acceptors (Lipinski definition) is 2. The van der Waals surface area contributed by atoms with Crippen LogP contribution in [-0.4, -0.2) is 0 Å². The summed E-state index contributed by atoms with van der Waals surface area (Å²) in [4.78, 5) is 2.41. The van der Waals surface area contributed by atoms with Gasteiger partial charge in [0.2, 0.25) is 0 Å². The molecule has 0 bridgehead atoms. The lowest BCUT2D eigenvalue weighted by Crippen LogP contribution is -2.11. The Morgan fingerprint density at radius 2 is 0.977 bits per heavy atom. The maximum Gasteiger partial charge on any atom is 0.143 e. The summed E-state index contributed by atoms with van der Waals surface area (Å²) in [7, 11) is 0. The molecule has 0 aliphatic carbocycles. The van der Waals surface area contributed by atoms with E-state index in [-0.39, 0.29) is 0 Å². The lowest BCUT2D eigenvalue weighted by atomic mass is 9.92. The lowest BCUT2D eigenvalue weighted by Gasteiger charge is -2.29. The zero-order chi connectivity index (χ0) is 29.0. The van der Waals surface area contributed by atoms with Gasteiger partial charge in [-0.15, -0.1) is 0 Å². The minimum absolute atomic E-state index is 0.884. The molecule has 9 aromatic rings. The fourth-order valence-electron chi connectivity index (χ4n) is 6.95. The Balaban J connectivity index is 1.49. The van der Waals surface area contributed by atoms with Crippen LogP contribution < -0.4 is 4.90 Å². The monoisotopic (exact) mass is 561 g/mol. The van der Waals surface area contributed by atoms with E-state index in [2.05, 4.69) is 169 Å². The summed E-state index contributed by atoms with van der Waals surface area (Å²) >= 11 is 0. The predicted octanol–water partition coefficient (Wildman–Crippen LogP) is 12.2. The molecule has 1 aromatic heterocycles. The fraction of sp³-hybridized carbons (Fsp3) is 0. The van der Waals surface area contributed by atoms with Crippen LogP contribution in [0.1, 0.15) is 0 Å². The van der Waals surface area contributed by atoms with Crippen molar-refractivity contribution in [2.75, 3.05) is 4.90 Å². The van der Waals surface area contributed by atoms with Crippen LogP contribution in [0.15, 0.2) is 168 Å². The molecular formula is C42H27NO. The fourth-order valence-corrected chi connectivity index (χ4v) is 6.95.